The van der Waals surface area contributed by atoms with Crippen LogP contribution in [-0.4, -0.2) is 19.8 Å². The normalized spacial score (nSPS) is 13.0. The Kier molecular flexibility index (Phi) is 3.22. The predicted molar refractivity (Wildman–Crippen MR) is 102 cm³/mol. The Morgan fingerprint density at radius 1 is 1.04 bits per heavy atom. The van der Waals surface area contributed by atoms with Gasteiger partial charge < -0.3 is 9.30 Å². The smallest absolute Gasteiger partial charge is 0.262 e. The largest absolute Gasteiger partial charge is 0.496 e. The molecule has 4 heteroatoms. The Hall–Kier alpha value is -2.33. The highest BCUT2D eigenvalue weighted by Crippen LogP contribution is 2.34. The van der Waals surface area contributed by atoms with Crippen molar-refractivity contribution in [2.75, 3.05) is 7.11 Å². The van der Waals surface area contributed by atoms with Crippen molar-refractivity contribution in [1.82, 2.24) is 4.57 Å². The Bertz CT molecular complexity index is 1030. The van der Waals surface area contributed by atoms with Crippen LogP contribution in [0.5, 0.6) is 5.75 Å². The van der Waals surface area contributed by atoms with E-state index in [-0.39, 0.29) is 5.56 Å². The fourth-order valence-electron chi connectivity index (χ4n) is 3.88. The van der Waals surface area contributed by atoms with Gasteiger partial charge in [-0.1, -0.05) is 56.0 Å². The molecule has 122 valence electrons. The monoisotopic (exact) mass is 335 g/mol. The summed E-state index contributed by atoms with van der Waals surface area (Å²) in [5, 5.41) is 3.12. The zero-order valence-electron chi connectivity index (χ0n) is 14.5. The summed E-state index contributed by atoms with van der Waals surface area (Å²) in [5.74, 6) is 0.670. The number of pyridine rings is 1. The average molecular weight is 335 g/mol. The number of ether oxygens (including phenoxy) is 1. The maximum absolute atomic E-state index is 13.2. The van der Waals surface area contributed by atoms with E-state index in [1.54, 1.807) is 7.11 Å². The molecule has 1 aliphatic rings. The minimum absolute atomic E-state index is 0.0515. The second-order valence-corrected chi connectivity index (χ2v) is 12.4. The Balaban J connectivity index is 2.26. The molecule has 0 aliphatic carbocycles. The van der Waals surface area contributed by atoms with Gasteiger partial charge >= 0.3 is 0 Å². The Morgan fingerprint density at radius 3 is 2.50 bits per heavy atom. The van der Waals surface area contributed by atoms with E-state index in [4.69, 9.17) is 4.74 Å². The zero-order chi connectivity index (χ0) is 17.1. The van der Waals surface area contributed by atoms with Crippen LogP contribution in [0.15, 0.2) is 47.3 Å². The topological polar surface area (TPSA) is 31.2 Å². The first-order chi connectivity index (χ1) is 11.4. The van der Waals surface area contributed by atoms with Crippen molar-refractivity contribution in [3.05, 3.63) is 58.4 Å². The van der Waals surface area contributed by atoms with Crippen LogP contribution in [-0.2, 0) is 6.54 Å². The molecule has 0 unspecified atom stereocenters. The average Bonchev–Trinajstić information content (AvgIpc) is 2.93. The molecule has 4 rings (SSSR count). The fourth-order valence-corrected chi connectivity index (χ4v) is 5.88. The first kappa shape index (κ1) is 15.2. The van der Waals surface area contributed by atoms with Gasteiger partial charge in [0, 0.05) is 5.56 Å². The second-order valence-electron chi connectivity index (χ2n) is 7.40. The third-order valence-corrected chi connectivity index (χ3v) is 6.84. The summed E-state index contributed by atoms with van der Waals surface area (Å²) >= 11 is 0. The molecule has 0 saturated carbocycles. The van der Waals surface area contributed by atoms with Crippen molar-refractivity contribution < 1.29 is 4.74 Å². The standard InChI is InChI=1S/C20H21NO2Si/c1-23-16-11-7-10-15-17(16)20(22)21-12-13-8-5-6-9-14(13)18(21)19(15)24(2,3)4/h5-11H,12H2,1-4H3. The van der Waals surface area contributed by atoms with E-state index in [1.165, 1.54) is 16.3 Å². The van der Waals surface area contributed by atoms with Crippen molar-refractivity contribution >= 4 is 24.0 Å². The molecule has 3 nitrogen and oxygen atoms in total. The van der Waals surface area contributed by atoms with Gasteiger partial charge in [-0.25, -0.2) is 0 Å². The van der Waals surface area contributed by atoms with Crippen molar-refractivity contribution in [1.29, 1.82) is 0 Å². The van der Waals surface area contributed by atoms with E-state index in [0.29, 0.717) is 17.7 Å². The van der Waals surface area contributed by atoms with Gasteiger partial charge in [-0.3, -0.25) is 4.79 Å². The number of fused-ring (bicyclic) bond motifs is 4. The lowest BCUT2D eigenvalue weighted by Gasteiger charge is -2.24. The lowest BCUT2D eigenvalue weighted by Crippen LogP contribution is -2.43. The van der Waals surface area contributed by atoms with Crippen molar-refractivity contribution in [2.45, 2.75) is 26.2 Å². The molecule has 0 bridgehead atoms. The fraction of sp³-hybridized carbons (Fsp3) is 0.250. The summed E-state index contributed by atoms with van der Waals surface area (Å²) in [6.45, 7) is 7.67. The molecule has 0 N–H and O–H groups in total. The van der Waals surface area contributed by atoms with Gasteiger partial charge in [0.05, 0.1) is 32.8 Å². The van der Waals surface area contributed by atoms with Crippen molar-refractivity contribution in [3.8, 4) is 17.0 Å². The van der Waals surface area contributed by atoms with Crippen LogP contribution >= 0.6 is 0 Å². The predicted octanol–water partition coefficient (Wildman–Crippen LogP) is 3.58. The van der Waals surface area contributed by atoms with E-state index in [2.05, 4.69) is 43.9 Å². The van der Waals surface area contributed by atoms with E-state index in [1.807, 2.05) is 22.8 Å². The Labute approximate surface area is 142 Å². The third-order valence-electron chi connectivity index (χ3n) is 4.83. The summed E-state index contributed by atoms with van der Waals surface area (Å²) in [5.41, 5.74) is 3.60. The Morgan fingerprint density at radius 2 is 1.79 bits per heavy atom. The van der Waals surface area contributed by atoms with Crippen molar-refractivity contribution in [2.24, 2.45) is 0 Å². The molecule has 24 heavy (non-hydrogen) atoms. The summed E-state index contributed by atoms with van der Waals surface area (Å²) in [4.78, 5) is 13.2. The third kappa shape index (κ3) is 1.99. The molecule has 1 aromatic heterocycles. The van der Waals surface area contributed by atoms with E-state index in [9.17, 15) is 4.79 Å². The molecule has 0 saturated heterocycles. The minimum Gasteiger partial charge on any atom is -0.496 e. The van der Waals surface area contributed by atoms with Crippen LogP contribution in [0.4, 0.5) is 0 Å². The molecular weight excluding hydrogens is 314 g/mol. The summed E-state index contributed by atoms with van der Waals surface area (Å²) in [7, 11) is -0.0631. The number of aromatic nitrogens is 1. The number of benzene rings is 2. The van der Waals surface area contributed by atoms with E-state index in [0.717, 1.165) is 11.1 Å². The second kappa shape index (κ2) is 5.08. The quantitative estimate of drug-likeness (QED) is 0.524. The lowest BCUT2D eigenvalue weighted by molar-refractivity contribution is 0.419. The SMILES string of the molecule is COc1cccc2c([Si](C)(C)C)c3n(c(=O)c12)Cc1ccccc1-3. The molecule has 3 aromatic rings. The van der Waals surface area contributed by atoms with Gasteiger partial charge in [0.15, 0.2) is 0 Å². The van der Waals surface area contributed by atoms with Gasteiger partial charge in [0.2, 0.25) is 0 Å². The number of nitrogens with zero attached hydrogens (tertiary/aromatic N) is 1. The van der Waals surface area contributed by atoms with Crippen LogP contribution in [0, 0.1) is 0 Å². The van der Waals surface area contributed by atoms with Crippen LogP contribution in [0.1, 0.15) is 5.56 Å². The number of methoxy groups -OCH3 is 1. The highest BCUT2D eigenvalue weighted by Gasteiger charge is 2.32. The maximum atomic E-state index is 13.2. The lowest BCUT2D eigenvalue weighted by atomic mass is 10.1. The van der Waals surface area contributed by atoms with Gasteiger partial charge in [-0.05, 0) is 22.2 Å². The van der Waals surface area contributed by atoms with E-state index < -0.39 is 8.07 Å². The van der Waals surface area contributed by atoms with Gasteiger partial charge in [-0.15, -0.1) is 0 Å². The highest BCUT2D eigenvalue weighted by molar-refractivity contribution is 6.91. The molecule has 2 aromatic carbocycles. The van der Waals surface area contributed by atoms with Gasteiger partial charge in [0.1, 0.15) is 5.75 Å². The highest BCUT2D eigenvalue weighted by atomic mass is 28.3. The molecule has 0 amide bonds. The van der Waals surface area contributed by atoms with Crippen molar-refractivity contribution in [3.63, 3.8) is 0 Å². The summed E-state index contributed by atoms with van der Waals surface area (Å²) < 4.78 is 7.46. The first-order valence-corrected chi connectivity index (χ1v) is 11.8. The van der Waals surface area contributed by atoms with Crippen LogP contribution < -0.4 is 15.5 Å². The zero-order valence-corrected chi connectivity index (χ0v) is 15.5. The van der Waals surface area contributed by atoms with Crippen LogP contribution in [0.3, 0.4) is 0 Å². The van der Waals surface area contributed by atoms with Gasteiger partial charge in [0.25, 0.3) is 5.56 Å². The number of hydrogen-bond donors (Lipinski definition) is 0. The maximum Gasteiger partial charge on any atom is 0.262 e. The first-order valence-electron chi connectivity index (χ1n) is 8.25. The summed E-state index contributed by atoms with van der Waals surface area (Å²) in [6.07, 6.45) is 0. The minimum atomic E-state index is -1.70. The number of rotatable bonds is 2. The molecule has 0 spiro atoms. The van der Waals surface area contributed by atoms with Gasteiger partial charge in [-0.2, -0.15) is 0 Å². The number of hydrogen-bond acceptors (Lipinski definition) is 2. The molecule has 0 fully saturated rings. The van der Waals surface area contributed by atoms with Crippen LogP contribution in [0.2, 0.25) is 19.6 Å². The molecule has 1 aliphatic heterocycles. The molecule has 0 atom stereocenters. The van der Waals surface area contributed by atoms with Crippen LogP contribution in [0.25, 0.3) is 22.0 Å². The van der Waals surface area contributed by atoms with E-state index >= 15 is 0 Å². The molecule has 2 heterocycles. The molecular formula is C20H21NO2Si. The summed E-state index contributed by atoms with van der Waals surface area (Å²) in [6, 6.07) is 14.3. The molecule has 0 radical (unpaired) electrons.